The average molecular weight is 504 g/mol. The number of nitrogens with zero attached hydrogens (tertiary/aromatic N) is 5. The highest BCUT2D eigenvalue weighted by atomic mass is 32.1. The Hall–Kier alpha value is -3.34. The lowest BCUT2D eigenvalue weighted by atomic mass is 9.74. The van der Waals surface area contributed by atoms with Gasteiger partial charge in [0.05, 0.1) is 35.7 Å². The lowest BCUT2D eigenvalue weighted by molar-refractivity contribution is -0.187. The maximum absolute atomic E-state index is 6.88. The zero-order chi connectivity index (χ0) is 24.9. The van der Waals surface area contributed by atoms with Crippen molar-refractivity contribution in [3.05, 3.63) is 49.1 Å². The molecule has 36 heavy (non-hydrogen) atoms. The number of hydrogen-bond acceptors (Lipinski definition) is 9. The fraction of sp³-hybridized carbons (Fsp3) is 0.346. The standard InChI is InChI=1S/C26H29N7O2S/c1-32-6-5-26(13-34-14-26)23(12-32)35-21-8-16(17-10-30-33(2)11-17)7-20-24(21)25(29-15-28-20)31-18-3-4-19(27)22(36)9-18/h3-4,7-11,15,23,36H,5-6,12-14,27H2,1-2H3,(H,28,29,31). The van der Waals surface area contributed by atoms with E-state index in [4.69, 9.17) is 15.2 Å². The summed E-state index contributed by atoms with van der Waals surface area (Å²) in [5.74, 6) is 1.40. The fourth-order valence-electron chi connectivity index (χ4n) is 4.99. The third-order valence-corrected chi connectivity index (χ3v) is 7.62. The van der Waals surface area contributed by atoms with Crippen molar-refractivity contribution in [1.29, 1.82) is 0 Å². The summed E-state index contributed by atoms with van der Waals surface area (Å²) in [6.07, 6.45) is 6.45. The summed E-state index contributed by atoms with van der Waals surface area (Å²) in [6.45, 7) is 3.32. The topological polar surface area (TPSA) is 103 Å². The quantitative estimate of drug-likeness (QED) is 0.280. The molecule has 6 rings (SSSR count). The Morgan fingerprint density at radius 1 is 1.17 bits per heavy atom. The van der Waals surface area contributed by atoms with E-state index >= 15 is 0 Å². The van der Waals surface area contributed by atoms with E-state index in [1.54, 1.807) is 11.0 Å². The molecule has 0 aliphatic carbocycles. The summed E-state index contributed by atoms with van der Waals surface area (Å²) in [5, 5.41) is 8.60. The molecule has 2 aliphatic rings. The maximum atomic E-state index is 6.88. The van der Waals surface area contributed by atoms with Crippen LogP contribution < -0.4 is 15.8 Å². The minimum absolute atomic E-state index is 0.00836. The zero-order valence-electron chi connectivity index (χ0n) is 20.3. The smallest absolute Gasteiger partial charge is 0.145 e. The molecular formula is C26H29N7O2S. The molecule has 4 aromatic rings. The highest BCUT2D eigenvalue weighted by molar-refractivity contribution is 7.80. The number of hydrogen-bond donors (Lipinski definition) is 3. The van der Waals surface area contributed by atoms with Crippen molar-refractivity contribution >= 4 is 40.7 Å². The summed E-state index contributed by atoms with van der Waals surface area (Å²) in [6, 6.07) is 9.74. The summed E-state index contributed by atoms with van der Waals surface area (Å²) >= 11 is 4.47. The number of aryl methyl sites for hydroxylation is 1. The lowest BCUT2D eigenvalue weighted by Gasteiger charge is -2.51. The molecule has 1 unspecified atom stereocenters. The van der Waals surface area contributed by atoms with Crippen molar-refractivity contribution in [2.45, 2.75) is 17.4 Å². The molecule has 1 atom stereocenters. The van der Waals surface area contributed by atoms with Gasteiger partial charge >= 0.3 is 0 Å². The molecule has 2 aliphatic heterocycles. The molecule has 0 radical (unpaired) electrons. The number of anilines is 3. The summed E-state index contributed by atoms with van der Waals surface area (Å²) in [5.41, 5.74) is 10.2. The van der Waals surface area contributed by atoms with Crippen LogP contribution in [0.5, 0.6) is 5.75 Å². The van der Waals surface area contributed by atoms with Gasteiger partial charge in [0, 0.05) is 41.6 Å². The molecular weight excluding hydrogens is 474 g/mol. The summed E-state index contributed by atoms with van der Waals surface area (Å²) < 4.78 is 14.3. The predicted molar refractivity (Wildman–Crippen MR) is 143 cm³/mol. The molecule has 0 saturated carbocycles. The van der Waals surface area contributed by atoms with Gasteiger partial charge < -0.3 is 25.4 Å². The Labute approximate surface area is 215 Å². The first kappa shape index (κ1) is 23.1. The number of nitrogens with one attached hydrogen (secondary N) is 1. The maximum Gasteiger partial charge on any atom is 0.145 e. The van der Waals surface area contributed by atoms with Gasteiger partial charge in [0.25, 0.3) is 0 Å². The molecule has 2 aromatic heterocycles. The van der Waals surface area contributed by atoms with Crippen LogP contribution in [0.3, 0.4) is 0 Å². The molecule has 1 spiro atoms. The van der Waals surface area contributed by atoms with E-state index in [2.05, 4.69) is 51.0 Å². The number of piperidine rings is 1. The molecule has 10 heteroatoms. The Bertz CT molecular complexity index is 1440. The molecule has 2 fully saturated rings. The largest absolute Gasteiger partial charge is 0.487 e. The van der Waals surface area contributed by atoms with Gasteiger partial charge in [0.2, 0.25) is 0 Å². The molecule has 0 amide bonds. The Kier molecular flexibility index (Phi) is 5.74. The zero-order valence-corrected chi connectivity index (χ0v) is 21.2. The second-order valence-corrected chi connectivity index (χ2v) is 10.3. The normalized spacial score (nSPS) is 19.4. The van der Waals surface area contributed by atoms with Gasteiger partial charge in [0.15, 0.2) is 0 Å². The molecule has 3 N–H and O–H groups in total. The predicted octanol–water partition coefficient (Wildman–Crippen LogP) is 3.74. The van der Waals surface area contributed by atoms with Crippen LogP contribution >= 0.6 is 12.6 Å². The van der Waals surface area contributed by atoms with Gasteiger partial charge in [-0.25, -0.2) is 9.97 Å². The summed E-state index contributed by atoms with van der Waals surface area (Å²) in [7, 11) is 4.05. The first-order chi connectivity index (χ1) is 17.4. The van der Waals surface area contributed by atoms with Crippen LogP contribution in [0.2, 0.25) is 0 Å². The van der Waals surface area contributed by atoms with Crippen LogP contribution in [0, 0.1) is 5.41 Å². The van der Waals surface area contributed by atoms with Gasteiger partial charge in [-0.15, -0.1) is 12.6 Å². The average Bonchev–Trinajstić information content (AvgIpc) is 3.27. The number of likely N-dealkylation sites (tertiary alicyclic amines) is 1. The number of thiol groups is 1. The van der Waals surface area contributed by atoms with Crippen molar-refractivity contribution < 1.29 is 9.47 Å². The van der Waals surface area contributed by atoms with Crippen molar-refractivity contribution in [2.75, 3.05) is 44.4 Å². The molecule has 2 saturated heterocycles. The number of aromatic nitrogens is 4. The van der Waals surface area contributed by atoms with Gasteiger partial charge in [0.1, 0.15) is 24.0 Å². The number of ether oxygens (including phenoxy) is 2. The van der Waals surface area contributed by atoms with E-state index in [0.717, 1.165) is 66.2 Å². The number of likely N-dealkylation sites (N-methyl/N-ethyl adjacent to an activating group) is 1. The van der Waals surface area contributed by atoms with Crippen molar-refractivity contribution in [2.24, 2.45) is 12.5 Å². The van der Waals surface area contributed by atoms with Crippen LogP contribution in [0.25, 0.3) is 22.0 Å². The molecule has 0 bridgehead atoms. The van der Waals surface area contributed by atoms with Crippen LogP contribution in [0.1, 0.15) is 6.42 Å². The minimum Gasteiger partial charge on any atom is -0.487 e. The lowest BCUT2D eigenvalue weighted by Crippen LogP contribution is -2.61. The van der Waals surface area contributed by atoms with Gasteiger partial charge in [-0.3, -0.25) is 4.68 Å². The third kappa shape index (κ3) is 4.15. The highest BCUT2D eigenvalue weighted by Crippen LogP contribution is 2.43. The molecule has 9 nitrogen and oxygen atoms in total. The van der Waals surface area contributed by atoms with Gasteiger partial charge in [-0.05, 0) is 55.9 Å². The van der Waals surface area contributed by atoms with Crippen LogP contribution in [-0.2, 0) is 11.8 Å². The Morgan fingerprint density at radius 2 is 2.03 bits per heavy atom. The van der Waals surface area contributed by atoms with Gasteiger partial charge in [-0.1, -0.05) is 0 Å². The van der Waals surface area contributed by atoms with E-state index in [1.165, 1.54) is 0 Å². The number of rotatable bonds is 5. The number of nitrogen functional groups attached to an aromatic ring is 1. The SMILES string of the molecule is CN1CCC2(COC2)C(Oc2cc(-c3cnn(C)c3)cc3ncnc(Nc4ccc(N)c(S)c4)c23)C1. The number of fused-ring (bicyclic) bond motifs is 1. The van der Waals surface area contributed by atoms with E-state index in [-0.39, 0.29) is 11.5 Å². The monoisotopic (exact) mass is 503 g/mol. The summed E-state index contributed by atoms with van der Waals surface area (Å²) in [4.78, 5) is 12.2. The minimum atomic E-state index is -0.00836. The third-order valence-electron chi connectivity index (χ3n) is 7.23. The van der Waals surface area contributed by atoms with Gasteiger partial charge in [-0.2, -0.15) is 5.10 Å². The van der Waals surface area contributed by atoms with E-state index in [1.807, 2.05) is 43.7 Å². The second kappa shape index (κ2) is 8.95. The Balaban J connectivity index is 1.47. The van der Waals surface area contributed by atoms with E-state index in [9.17, 15) is 0 Å². The molecule has 2 aromatic carbocycles. The first-order valence-electron chi connectivity index (χ1n) is 12.0. The highest BCUT2D eigenvalue weighted by Gasteiger charge is 2.50. The number of nitrogens with two attached hydrogens (primary N) is 1. The number of benzene rings is 2. The molecule has 186 valence electrons. The van der Waals surface area contributed by atoms with Crippen molar-refractivity contribution in [3.63, 3.8) is 0 Å². The first-order valence-corrected chi connectivity index (χ1v) is 12.4. The second-order valence-electron chi connectivity index (χ2n) is 9.87. The van der Waals surface area contributed by atoms with Crippen LogP contribution in [0.4, 0.5) is 17.2 Å². The Morgan fingerprint density at radius 3 is 2.75 bits per heavy atom. The van der Waals surface area contributed by atoms with Crippen LogP contribution in [0.15, 0.2) is 53.9 Å². The fourth-order valence-corrected chi connectivity index (χ4v) is 5.20. The molecule has 4 heterocycles. The van der Waals surface area contributed by atoms with Crippen LogP contribution in [-0.4, -0.2) is 64.1 Å². The van der Waals surface area contributed by atoms with Crippen molar-refractivity contribution in [1.82, 2.24) is 24.6 Å². The van der Waals surface area contributed by atoms with E-state index in [0.29, 0.717) is 16.4 Å². The van der Waals surface area contributed by atoms with E-state index < -0.39 is 0 Å². The van der Waals surface area contributed by atoms with Crippen molar-refractivity contribution in [3.8, 4) is 16.9 Å².